The molecule has 2 N–H and O–H groups in total. The average Bonchev–Trinajstić information content (AvgIpc) is 3.13. The number of aryl methyl sites for hydroxylation is 1. The molecule has 4 rings (SSSR count). The molecule has 23 heavy (non-hydrogen) atoms. The summed E-state index contributed by atoms with van der Waals surface area (Å²) in [4.78, 5) is 11.1. The van der Waals surface area contributed by atoms with Crippen LogP contribution in [0, 0.1) is 0 Å². The summed E-state index contributed by atoms with van der Waals surface area (Å²) in [6.07, 6.45) is 7.71. The van der Waals surface area contributed by atoms with Gasteiger partial charge in [-0.3, -0.25) is 9.88 Å². The van der Waals surface area contributed by atoms with E-state index in [1.165, 1.54) is 16.3 Å². The molecule has 1 saturated heterocycles. The Labute approximate surface area is 135 Å². The molecular weight excluding hydrogens is 286 g/mol. The second-order valence-electron chi connectivity index (χ2n) is 6.44. The van der Waals surface area contributed by atoms with E-state index in [2.05, 4.69) is 45.3 Å². The fourth-order valence-corrected chi connectivity index (χ4v) is 3.55. The Kier molecular flexibility index (Phi) is 3.59. The number of nitrogens with two attached hydrogens (primary N) is 1. The zero-order valence-electron chi connectivity index (χ0n) is 13.3. The van der Waals surface area contributed by atoms with Crippen LogP contribution in [0.15, 0.2) is 49.2 Å². The zero-order valence-corrected chi connectivity index (χ0v) is 13.3. The maximum absolute atomic E-state index is 6.38. The molecule has 0 unspecified atom stereocenters. The Morgan fingerprint density at radius 2 is 2.17 bits per heavy atom. The van der Waals surface area contributed by atoms with Crippen LogP contribution in [-0.4, -0.2) is 38.6 Å². The molecule has 0 saturated carbocycles. The van der Waals surface area contributed by atoms with E-state index in [0.717, 1.165) is 25.3 Å². The van der Waals surface area contributed by atoms with E-state index in [4.69, 9.17) is 5.73 Å². The standard InChI is InChI=1S/C18H21N5/c1-22-11-18(21-12-22)16-9-23(10-17(16)19)8-14-4-2-3-13-7-20-6-5-15(13)14/h2-7,11-12,16-17H,8-10,19H2,1H3/t16-,17-/m1/s1. The highest BCUT2D eigenvalue weighted by Gasteiger charge is 2.32. The van der Waals surface area contributed by atoms with Crippen molar-refractivity contribution in [2.24, 2.45) is 12.8 Å². The lowest BCUT2D eigenvalue weighted by molar-refractivity contribution is 0.324. The predicted molar refractivity (Wildman–Crippen MR) is 90.9 cm³/mol. The number of imidazole rings is 1. The third-order valence-electron chi connectivity index (χ3n) is 4.71. The summed E-state index contributed by atoms with van der Waals surface area (Å²) < 4.78 is 1.99. The topological polar surface area (TPSA) is 60.0 Å². The van der Waals surface area contributed by atoms with Crippen LogP contribution in [0.4, 0.5) is 0 Å². The van der Waals surface area contributed by atoms with Crippen molar-refractivity contribution in [1.29, 1.82) is 0 Å². The Bertz CT molecular complexity index is 820. The van der Waals surface area contributed by atoms with E-state index in [-0.39, 0.29) is 6.04 Å². The number of hydrogen-bond acceptors (Lipinski definition) is 4. The van der Waals surface area contributed by atoms with Crippen molar-refractivity contribution >= 4 is 10.8 Å². The van der Waals surface area contributed by atoms with E-state index < -0.39 is 0 Å². The van der Waals surface area contributed by atoms with Gasteiger partial charge in [-0.15, -0.1) is 0 Å². The lowest BCUT2D eigenvalue weighted by Gasteiger charge is -2.16. The smallest absolute Gasteiger partial charge is 0.0946 e. The van der Waals surface area contributed by atoms with Crippen LogP contribution in [0.2, 0.25) is 0 Å². The van der Waals surface area contributed by atoms with Gasteiger partial charge in [-0.05, 0) is 17.0 Å². The van der Waals surface area contributed by atoms with Gasteiger partial charge in [0.25, 0.3) is 0 Å². The number of nitrogens with zero attached hydrogens (tertiary/aromatic N) is 4. The van der Waals surface area contributed by atoms with Crippen molar-refractivity contribution in [3.05, 3.63) is 60.4 Å². The van der Waals surface area contributed by atoms with Crippen molar-refractivity contribution in [2.75, 3.05) is 13.1 Å². The quantitative estimate of drug-likeness (QED) is 0.803. The second kappa shape index (κ2) is 5.76. The maximum Gasteiger partial charge on any atom is 0.0946 e. The molecule has 1 aliphatic heterocycles. The van der Waals surface area contributed by atoms with Crippen molar-refractivity contribution < 1.29 is 0 Å². The zero-order chi connectivity index (χ0) is 15.8. The fraction of sp³-hybridized carbons (Fsp3) is 0.333. The maximum atomic E-state index is 6.38. The molecule has 1 aliphatic rings. The SMILES string of the molecule is Cn1cnc([C@@H]2CN(Cc3cccc4cnccc34)C[C@H]2N)c1. The first-order valence-electron chi connectivity index (χ1n) is 7.98. The monoisotopic (exact) mass is 307 g/mol. The molecule has 2 aromatic heterocycles. The summed E-state index contributed by atoms with van der Waals surface area (Å²) in [6.45, 7) is 2.78. The fourth-order valence-electron chi connectivity index (χ4n) is 3.55. The highest BCUT2D eigenvalue weighted by Crippen LogP contribution is 2.27. The molecule has 2 atom stereocenters. The molecular formula is C18H21N5. The molecule has 0 aliphatic carbocycles. The van der Waals surface area contributed by atoms with Crippen LogP contribution in [-0.2, 0) is 13.6 Å². The number of aromatic nitrogens is 3. The van der Waals surface area contributed by atoms with Gasteiger partial charge in [-0.2, -0.15) is 0 Å². The molecule has 3 heterocycles. The normalized spacial score (nSPS) is 22.0. The Morgan fingerprint density at radius 1 is 1.26 bits per heavy atom. The van der Waals surface area contributed by atoms with Crippen LogP contribution >= 0.6 is 0 Å². The molecule has 0 radical (unpaired) electrons. The molecule has 5 nitrogen and oxygen atoms in total. The highest BCUT2D eigenvalue weighted by molar-refractivity contribution is 5.84. The van der Waals surface area contributed by atoms with Gasteiger partial charge in [-0.25, -0.2) is 4.98 Å². The Morgan fingerprint density at radius 3 is 3.00 bits per heavy atom. The Balaban J connectivity index is 1.55. The van der Waals surface area contributed by atoms with Gasteiger partial charge in [0.2, 0.25) is 0 Å². The number of hydrogen-bond donors (Lipinski definition) is 1. The molecule has 0 amide bonds. The number of rotatable bonds is 3. The minimum atomic E-state index is 0.140. The lowest BCUT2D eigenvalue weighted by atomic mass is 10.0. The third kappa shape index (κ3) is 2.73. The number of fused-ring (bicyclic) bond motifs is 1. The number of pyridine rings is 1. The van der Waals surface area contributed by atoms with Crippen LogP contribution in [0.3, 0.4) is 0 Å². The lowest BCUT2D eigenvalue weighted by Crippen LogP contribution is -2.28. The van der Waals surface area contributed by atoms with Gasteiger partial charge in [0, 0.05) is 62.6 Å². The summed E-state index contributed by atoms with van der Waals surface area (Å²) in [7, 11) is 2.00. The summed E-state index contributed by atoms with van der Waals surface area (Å²) >= 11 is 0. The summed E-state index contributed by atoms with van der Waals surface area (Å²) in [5.74, 6) is 0.313. The first kappa shape index (κ1) is 14.4. The van der Waals surface area contributed by atoms with Gasteiger partial charge in [0.15, 0.2) is 0 Å². The van der Waals surface area contributed by atoms with Crippen LogP contribution < -0.4 is 5.73 Å². The number of likely N-dealkylation sites (tertiary alicyclic amines) is 1. The second-order valence-corrected chi connectivity index (χ2v) is 6.44. The van der Waals surface area contributed by atoms with E-state index in [1.807, 2.05) is 30.3 Å². The summed E-state index contributed by atoms with van der Waals surface area (Å²) in [5, 5.41) is 2.46. The van der Waals surface area contributed by atoms with Gasteiger partial charge in [0.05, 0.1) is 12.0 Å². The van der Waals surface area contributed by atoms with E-state index >= 15 is 0 Å². The molecule has 118 valence electrons. The number of benzene rings is 1. The molecule has 0 spiro atoms. The average molecular weight is 307 g/mol. The first-order chi connectivity index (χ1) is 11.2. The minimum Gasteiger partial charge on any atom is -0.340 e. The van der Waals surface area contributed by atoms with Gasteiger partial charge >= 0.3 is 0 Å². The Hall–Kier alpha value is -2.24. The van der Waals surface area contributed by atoms with E-state index in [9.17, 15) is 0 Å². The predicted octanol–water partition coefficient (Wildman–Crippen LogP) is 1.89. The highest BCUT2D eigenvalue weighted by atomic mass is 15.2. The molecule has 5 heteroatoms. The van der Waals surface area contributed by atoms with Gasteiger partial charge in [-0.1, -0.05) is 18.2 Å². The molecule has 1 fully saturated rings. The van der Waals surface area contributed by atoms with Crippen LogP contribution in [0.25, 0.3) is 10.8 Å². The largest absolute Gasteiger partial charge is 0.340 e. The molecule has 0 bridgehead atoms. The van der Waals surface area contributed by atoms with Crippen LogP contribution in [0.5, 0.6) is 0 Å². The van der Waals surface area contributed by atoms with E-state index in [0.29, 0.717) is 5.92 Å². The van der Waals surface area contributed by atoms with Gasteiger partial charge < -0.3 is 10.3 Å². The van der Waals surface area contributed by atoms with Crippen molar-refractivity contribution in [3.8, 4) is 0 Å². The minimum absolute atomic E-state index is 0.140. The van der Waals surface area contributed by atoms with Gasteiger partial charge in [0.1, 0.15) is 0 Å². The first-order valence-corrected chi connectivity index (χ1v) is 7.98. The molecule has 1 aromatic carbocycles. The summed E-state index contributed by atoms with van der Waals surface area (Å²) in [5.41, 5.74) is 8.81. The van der Waals surface area contributed by atoms with Crippen molar-refractivity contribution in [3.63, 3.8) is 0 Å². The third-order valence-corrected chi connectivity index (χ3v) is 4.71. The van der Waals surface area contributed by atoms with Crippen molar-refractivity contribution in [1.82, 2.24) is 19.4 Å². The van der Waals surface area contributed by atoms with Crippen molar-refractivity contribution in [2.45, 2.75) is 18.5 Å². The van der Waals surface area contributed by atoms with E-state index in [1.54, 1.807) is 0 Å². The summed E-state index contributed by atoms with van der Waals surface area (Å²) in [6, 6.07) is 8.64. The van der Waals surface area contributed by atoms with Crippen LogP contribution in [0.1, 0.15) is 17.2 Å². The molecule has 3 aromatic rings.